The molecule has 1 saturated heterocycles. The van der Waals surface area contributed by atoms with Gasteiger partial charge in [-0.05, 0) is 55.2 Å². The highest BCUT2D eigenvalue weighted by Crippen LogP contribution is 2.25. The van der Waals surface area contributed by atoms with Crippen molar-refractivity contribution in [3.8, 4) is 0 Å². The molecule has 0 aromatic heterocycles. The molecular formula is C22H26FN3O5S. The van der Waals surface area contributed by atoms with E-state index in [2.05, 4.69) is 10.6 Å². The van der Waals surface area contributed by atoms with Crippen LogP contribution in [0.15, 0.2) is 47.4 Å². The second-order valence-electron chi connectivity index (χ2n) is 7.52. The largest absolute Gasteiger partial charge is 0.360 e. The van der Waals surface area contributed by atoms with Crippen LogP contribution in [0.5, 0.6) is 0 Å². The average Bonchev–Trinajstić information content (AvgIpc) is 2.76. The van der Waals surface area contributed by atoms with Crippen molar-refractivity contribution >= 4 is 21.8 Å². The monoisotopic (exact) mass is 463 g/mol. The Morgan fingerprint density at radius 1 is 1.09 bits per heavy atom. The fourth-order valence-corrected chi connectivity index (χ4v) is 5.23. The van der Waals surface area contributed by atoms with Crippen LogP contribution in [0.3, 0.4) is 0 Å². The predicted molar refractivity (Wildman–Crippen MR) is 115 cm³/mol. The van der Waals surface area contributed by atoms with Gasteiger partial charge in [0.2, 0.25) is 10.0 Å². The maximum absolute atomic E-state index is 13.4. The molecule has 10 heteroatoms. The van der Waals surface area contributed by atoms with Crippen molar-refractivity contribution in [1.29, 1.82) is 0 Å². The molecule has 0 radical (unpaired) electrons. The highest BCUT2D eigenvalue weighted by Gasteiger charge is 2.35. The number of nitrogens with one attached hydrogen (secondary N) is 2. The van der Waals surface area contributed by atoms with Gasteiger partial charge in [0.25, 0.3) is 0 Å². The number of halogens is 1. The van der Waals surface area contributed by atoms with Gasteiger partial charge >= 0.3 is 11.8 Å². The summed E-state index contributed by atoms with van der Waals surface area (Å²) in [5, 5.41) is 4.99. The van der Waals surface area contributed by atoms with Crippen molar-refractivity contribution in [2.24, 2.45) is 0 Å². The highest BCUT2D eigenvalue weighted by atomic mass is 32.2. The zero-order chi connectivity index (χ0) is 23.3. The summed E-state index contributed by atoms with van der Waals surface area (Å²) in [4.78, 5) is 24.3. The molecule has 2 aromatic carbocycles. The van der Waals surface area contributed by atoms with Crippen molar-refractivity contribution in [2.45, 2.75) is 37.9 Å². The third kappa shape index (κ3) is 5.50. The third-order valence-corrected chi connectivity index (χ3v) is 7.27. The van der Waals surface area contributed by atoms with Crippen LogP contribution in [0.1, 0.15) is 23.1 Å². The first-order chi connectivity index (χ1) is 15.2. The smallest absolute Gasteiger partial charge is 0.309 e. The Morgan fingerprint density at radius 2 is 1.81 bits per heavy atom. The lowest BCUT2D eigenvalue weighted by Gasteiger charge is -2.34. The van der Waals surface area contributed by atoms with Crippen LogP contribution in [0, 0.1) is 19.7 Å². The first-order valence-electron chi connectivity index (χ1n) is 10.2. The molecule has 1 heterocycles. The van der Waals surface area contributed by atoms with Gasteiger partial charge in [0.1, 0.15) is 12.0 Å². The maximum Gasteiger partial charge on any atom is 0.309 e. The van der Waals surface area contributed by atoms with E-state index in [0.29, 0.717) is 13.0 Å². The van der Waals surface area contributed by atoms with Crippen molar-refractivity contribution in [1.82, 2.24) is 14.9 Å². The molecule has 2 N–H and O–H groups in total. The fourth-order valence-electron chi connectivity index (χ4n) is 3.46. The summed E-state index contributed by atoms with van der Waals surface area (Å²) in [6.07, 6.45) is -0.507. The molecule has 0 saturated carbocycles. The lowest BCUT2D eigenvalue weighted by atomic mass is 10.1. The van der Waals surface area contributed by atoms with Gasteiger partial charge in [0, 0.05) is 13.1 Å². The summed E-state index contributed by atoms with van der Waals surface area (Å²) in [5.41, 5.74) is 2.14. The summed E-state index contributed by atoms with van der Waals surface area (Å²) in [5.74, 6) is -2.24. The molecule has 1 aliphatic heterocycles. The second kappa shape index (κ2) is 10.2. The van der Waals surface area contributed by atoms with E-state index in [-0.39, 0.29) is 30.1 Å². The van der Waals surface area contributed by atoms with Gasteiger partial charge in [-0.3, -0.25) is 9.59 Å². The number of ether oxygens (including phenoxy) is 1. The SMILES string of the molecule is Cc1ccccc1CNC(=O)C(=O)NC[C@@H]1OCCCN1S(=O)(=O)c1ccc(F)cc1C. The molecule has 1 atom stereocenters. The van der Waals surface area contributed by atoms with E-state index in [1.54, 1.807) is 0 Å². The number of carbonyl (C=O) groups is 2. The molecular weight excluding hydrogens is 437 g/mol. The van der Waals surface area contributed by atoms with Gasteiger partial charge in [-0.25, -0.2) is 12.8 Å². The highest BCUT2D eigenvalue weighted by molar-refractivity contribution is 7.89. The minimum absolute atomic E-state index is 0.0308. The third-order valence-electron chi connectivity index (χ3n) is 5.22. The molecule has 8 nitrogen and oxygen atoms in total. The van der Waals surface area contributed by atoms with Gasteiger partial charge in [-0.1, -0.05) is 24.3 Å². The molecule has 0 unspecified atom stereocenters. The quantitative estimate of drug-likeness (QED) is 0.634. The van der Waals surface area contributed by atoms with E-state index < -0.39 is 33.9 Å². The minimum Gasteiger partial charge on any atom is -0.360 e. The van der Waals surface area contributed by atoms with Crippen molar-refractivity contribution in [2.75, 3.05) is 19.7 Å². The van der Waals surface area contributed by atoms with E-state index in [1.807, 2.05) is 31.2 Å². The molecule has 32 heavy (non-hydrogen) atoms. The van der Waals surface area contributed by atoms with E-state index in [0.717, 1.165) is 27.6 Å². The van der Waals surface area contributed by atoms with Crippen LogP contribution < -0.4 is 10.6 Å². The predicted octanol–water partition coefficient (Wildman–Crippen LogP) is 1.61. The molecule has 3 rings (SSSR count). The Balaban J connectivity index is 1.63. The molecule has 0 spiro atoms. The summed E-state index contributed by atoms with van der Waals surface area (Å²) < 4.78 is 46.4. The van der Waals surface area contributed by atoms with Crippen molar-refractivity contribution in [3.63, 3.8) is 0 Å². The number of hydrogen-bond acceptors (Lipinski definition) is 5. The minimum atomic E-state index is -3.99. The summed E-state index contributed by atoms with van der Waals surface area (Å²) in [7, 11) is -3.99. The lowest BCUT2D eigenvalue weighted by Crippen LogP contribution is -2.53. The van der Waals surface area contributed by atoms with Crippen LogP contribution >= 0.6 is 0 Å². The normalized spacial score (nSPS) is 17.0. The van der Waals surface area contributed by atoms with Gasteiger partial charge in [0.15, 0.2) is 0 Å². The number of carbonyl (C=O) groups excluding carboxylic acids is 2. The van der Waals surface area contributed by atoms with E-state index in [9.17, 15) is 22.4 Å². The molecule has 0 bridgehead atoms. The topological polar surface area (TPSA) is 105 Å². The summed E-state index contributed by atoms with van der Waals surface area (Å²) >= 11 is 0. The Labute approximate surface area is 186 Å². The molecule has 172 valence electrons. The maximum atomic E-state index is 13.4. The first-order valence-corrected chi connectivity index (χ1v) is 11.6. The van der Waals surface area contributed by atoms with Gasteiger partial charge in [-0.2, -0.15) is 4.31 Å². The van der Waals surface area contributed by atoms with E-state index >= 15 is 0 Å². The van der Waals surface area contributed by atoms with Gasteiger partial charge in [0.05, 0.1) is 18.0 Å². The Hall–Kier alpha value is -2.82. The van der Waals surface area contributed by atoms with Crippen LogP contribution in [0.4, 0.5) is 4.39 Å². The van der Waals surface area contributed by atoms with Gasteiger partial charge < -0.3 is 15.4 Å². The van der Waals surface area contributed by atoms with Crippen LogP contribution in [-0.4, -0.2) is 50.5 Å². The van der Waals surface area contributed by atoms with Crippen LogP contribution in [0.25, 0.3) is 0 Å². The van der Waals surface area contributed by atoms with Crippen LogP contribution in [0.2, 0.25) is 0 Å². The van der Waals surface area contributed by atoms with Gasteiger partial charge in [-0.15, -0.1) is 0 Å². The Kier molecular flexibility index (Phi) is 7.60. The summed E-state index contributed by atoms with van der Waals surface area (Å²) in [6, 6.07) is 10.9. The molecule has 2 amide bonds. The number of nitrogens with zero attached hydrogens (tertiary/aromatic N) is 1. The average molecular weight is 464 g/mol. The van der Waals surface area contributed by atoms with E-state index in [4.69, 9.17) is 4.74 Å². The zero-order valence-electron chi connectivity index (χ0n) is 17.9. The molecule has 1 fully saturated rings. The molecule has 1 aliphatic rings. The first kappa shape index (κ1) is 23.8. The zero-order valence-corrected chi connectivity index (χ0v) is 18.7. The standard InChI is InChI=1S/C22H26FN3O5S/c1-15-6-3-4-7-17(15)13-24-21(27)22(28)25-14-20-26(10-5-11-31-20)32(29,30)19-9-8-18(23)12-16(19)2/h3-4,6-9,12,20H,5,10-11,13-14H2,1-2H3,(H,24,27)(H,25,28)/t20-/m0/s1. The number of amides is 2. The second-order valence-corrected chi connectivity index (χ2v) is 9.38. The number of aryl methyl sites for hydroxylation is 2. The fraction of sp³-hybridized carbons (Fsp3) is 0.364. The Bertz CT molecular complexity index is 1110. The van der Waals surface area contributed by atoms with Crippen molar-refractivity contribution in [3.05, 3.63) is 65.0 Å². The number of hydrogen-bond donors (Lipinski definition) is 2. The summed E-state index contributed by atoms with van der Waals surface area (Å²) in [6.45, 7) is 3.91. The molecule has 2 aromatic rings. The Morgan fingerprint density at radius 3 is 2.53 bits per heavy atom. The lowest BCUT2D eigenvalue weighted by molar-refractivity contribution is -0.140. The van der Waals surface area contributed by atoms with Crippen LogP contribution in [-0.2, 0) is 30.9 Å². The number of benzene rings is 2. The van der Waals surface area contributed by atoms with Crippen molar-refractivity contribution < 1.29 is 27.1 Å². The van der Waals surface area contributed by atoms with E-state index in [1.165, 1.54) is 13.0 Å². The number of rotatable bonds is 6. The number of sulfonamides is 1. The molecule has 0 aliphatic carbocycles.